The predicted molar refractivity (Wildman–Crippen MR) is 67.7 cm³/mol. The third-order valence-electron chi connectivity index (χ3n) is 3.68. The molecule has 112 valence electrons. The van der Waals surface area contributed by atoms with Crippen LogP contribution in [0.5, 0.6) is 0 Å². The highest BCUT2D eigenvalue weighted by molar-refractivity contribution is 5.81. The Hall–Kier alpha value is -0.780. The van der Waals surface area contributed by atoms with E-state index in [-0.39, 0.29) is 6.04 Å². The van der Waals surface area contributed by atoms with Gasteiger partial charge >= 0.3 is 6.18 Å². The molecule has 1 rings (SSSR count). The van der Waals surface area contributed by atoms with Crippen LogP contribution in [0.25, 0.3) is 0 Å². The second-order valence-corrected chi connectivity index (χ2v) is 5.44. The van der Waals surface area contributed by atoms with E-state index in [2.05, 4.69) is 12.2 Å². The molecule has 0 aromatic carbocycles. The van der Waals surface area contributed by atoms with Gasteiger partial charge in [0.05, 0.1) is 6.04 Å². The highest BCUT2D eigenvalue weighted by Crippen LogP contribution is 2.23. The van der Waals surface area contributed by atoms with Gasteiger partial charge in [0.1, 0.15) is 6.54 Å². The lowest BCUT2D eigenvalue weighted by molar-refractivity contribution is -0.139. The van der Waals surface area contributed by atoms with Gasteiger partial charge in [0.2, 0.25) is 5.91 Å². The van der Waals surface area contributed by atoms with Gasteiger partial charge in [-0.25, -0.2) is 0 Å². The first-order chi connectivity index (χ1) is 8.79. The van der Waals surface area contributed by atoms with Crippen molar-refractivity contribution in [1.82, 2.24) is 10.6 Å². The summed E-state index contributed by atoms with van der Waals surface area (Å²) in [5.41, 5.74) is 0. The van der Waals surface area contributed by atoms with E-state index in [1.54, 1.807) is 6.92 Å². The van der Waals surface area contributed by atoms with E-state index in [9.17, 15) is 18.0 Å². The van der Waals surface area contributed by atoms with Crippen molar-refractivity contribution < 1.29 is 18.0 Å². The maximum atomic E-state index is 12.0. The van der Waals surface area contributed by atoms with Gasteiger partial charge in [-0.3, -0.25) is 4.79 Å². The monoisotopic (exact) mass is 280 g/mol. The Balaban J connectivity index is 2.39. The number of hydrogen-bond donors (Lipinski definition) is 2. The largest absolute Gasteiger partial charge is 0.405 e. The van der Waals surface area contributed by atoms with Gasteiger partial charge < -0.3 is 10.6 Å². The van der Waals surface area contributed by atoms with Crippen LogP contribution in [-0.4, -0.2) is 30.7 Å². The Morgan fingerprint density at radius 2 is 1.89 bits per heavy atom. The molecule has 3 atom stereocenters. The van der Waals surface area contributed by atoms with Crippen molar-refractivity contribution >= 4 is 5.91 Å². The fraction of sp³-hybridized carbons (Fsp3) is 0.923. The van der Waals surface area contributed by atoms with Crippen LogP contribution < -0.4 is 10.6 Å². The zero-order chi connectivity index (χ0) is 14.5. The zero-order valence-electron chi connectivity index (χ0n) is 11.5. The Morgan fingerprint density at radius 1 is 1.26 bits per heavy atom. The minimum atomic E-state index is -4.36. The SMILES string of the molecule is CC(NC1CCCCCC1C)C(=O)NCC(F)(F)F. The van der Waals surface area contributed by atoms with E-state index < -0.39 is 24.7 Å². The molecule has 6 heteroatoms. The number of nitrogens with one attached hydrogen (secondary N) is 2. The topological polar surface area (TPSA) is 41.1 Å². The fourth-order valence-electron chi connectivity index (χ4n) is 2.48. The summed E-state index contributed by atoms with van der Waals surface area (Å²) < 4.78 is 36.1. The lowest BCUT2D eigenvalue weighted by atomic mass is 9.96. The van der Waals surface area contributed by atoms with E-state index in [1.165, 1.54) is 12.8 Å². The maximum Gasteiger partial charge on any atom is 0.405 e. The van der Waals surface area contributed by atoms with E-state index in [1.807, 2.05) is 5.32 Å². The molecule has 0 aromatic heterocycles. The van der Waals surface area contributed by atoms with Gasteiger partial charge in [0.15, 0.2) is 0 Å². The van der Waals surface area contributed by atoms with E-state index in [0.29, 0.717) is 5.92 Å². The molecule has 1 saturated carbocycles. The lowest BCUT2D eigenvalue weighted by Crippen LogP contribution is -2.50. The molecule has 19 heavy (non-hydrogen) atoms. The van der Waals surface area contributed by atoms with Crippen LogP contribution in [0.1, 0.15) is 46.0 Å². The summed E-state index contributed by atoms with van der Waals surface area (Å²) in [6.07, 6.45) is 1.22. The van der Waals surface area contributed by atoms with E-state index in [4.69, 9.17) is 0 Å². The maximum absolute atomic E-state index is 12.0. The number of carbonyl (C=O) groups is 1. The smallest absolute Gasteiger partial charge is 0.346 e. The highest BCUT2D eigenvalue weighted by Gasteiger charge is 2.29. The van der Waals surface area contributed by atoms with Gasteiger partial charge in [-0.15, -0.1) is 0 Å². The molecule has 0 radical (unpaired) electrons. The van der Waals surface area contributed by atoms with Gasteiger partial charge in [0, 0.05) is 6.04 Å². The van der Waals surface area contributed by atoms with Crippen LogP contribution in [0.2, 0.25) is 0 Å². The van der Waals surface area contributed by atoms with Crippen LogP contribution in [-0.2, 0) is 4.79 Å². The minimum Gasteiger partial charge on any atom is -0.346 e. The second-order valence-electron chi connectivity index (χ2n) is 5.44. The molecule has 2 N–H and O–H groups in total. The first kappa shape index (κ1) is 16.3. The van der Waals surface area contributed by atoms with Crippen molar-refractivity contribution in [3.63, 3.8) is 0 Å². The first-order valence-electron chi connectivity index (χ1n) is 6.90. The van der Waals surface area contributed by atoms with Crippen molar-refractivity contribution in [3.8, 4) is 0 Å². The molecule has 0 spiro atoms. The number of carbonyl (C=O) groups excluding carboxylic acids is 1. The zero-order valence-corrected chi connectivity index (χ0v) is 11.5. The van der Waals surface area contributed by atoms with E-state index in [0.717, 1.165) is 19.3 Å². The summed E-state index contributed by atoms with van der Waals surface area (Å²) >= 11 is 0. The summed E-state index contributed by atoms with van der Waals surface area (Å²) in [5, 5.41) is 5.08. The molecule has 0 heterocycles. The molecular formula is C13H23F3N2O. The number of hydrogen-bond acceptors (Lipinski definition) is 2. The van der Waals surface area contributed by atoms with Crippen LogP contribution in [0.3, 0.4) is 0 Å². The lowest BCUT2D eigenvalue weighted by Gasteiger charge is -2.26. The molecular weight excluding hydrogens is 257 g/mol. The van der Waals surface area contributed by atoms with Crippen molar-refractivity contribution in [1.29, 1.82) is 0 Å². The van der Waals surface area contributed by atoms with Crippen molar-refractivity contribution in [2.45, 2.75) is 64.2 Å². The highest BCUT2D eigenvalue weighted by atomic mass is 19.4. The van der Waals surface area contributed by atoms with Crippen molar-refractivity contribution in [2.24, 2.45) is 5.92 Å². The molecule has 0 saturated heterocycles. The molecule has 0 bridgehead atoms. The summed E-state index contributed by atoms with van der Waals surface area (Å²) in [5.74, 6) is -0.130. The van der Waals surface area contributed by atoms with Gasteiger partial charge in [-0.2, -0.15) is 13.2 Å². The predicted octanol–water partition coefficient (Wildman–Crippen LogP) is 2.61. The number of halogens is 3. The van der Waals surface area contributed by atoms with Crippen molar-refractivity contribution in [2.75, 3.05) is 6.54 Å². The molecule has 3 nitrogen and oxygen atoms in total. The van der Waals surface area contributed by atoms with Gasteiger partial charge in [-0.1, -0.05) is 26.2 Å². The average molecular weight is 280 g/mol. The minimum absolute atomic E-state index is 0.217. The Kier molecular flexibility index (Phi) is 6.10. The quantitative estimate of drug-likeness (QED) is 0.777. The molecule has 1 aliphatic rings. The van der Waals surface area contributed by atoms with Crippen LogP contribution in [0.15, 0.2) is 0 Å². The second kappa shape index (κ2) is 7.12. The van der Waals surface area contributed by atoms with Crippen LogP contribution in [0.4, 0.5) is 13.2 Å². The van der Waals surface area contributed by atoms with Crippen LogP contribution >= 0.6 is 0 Å². The Labute approximate surface area is 112 Å². The molecule has 0 aliphatic heterocycles. The molecule has 1 fully saturated rings. The molecule has 3 unspecified atom stereocenters. The Bertz CT molecular complexity index is 294. The van der Waals surface area contributed by atoms with Gasteiger partial charge in [-0.05, 0) is 25.7 Å². The van der Waals surface area contributed by atoms with Gasteiger partial charge in [0.25, 0.3) is 0 Å². The first-order valence-corrected chi connectivity index (χ1v) is 6.90. The fourth-order valence-corrected chi connectivity index (χ4v) is 2.48. The summed E-state index contributed by atoms with van der Waals surface area (Å²) in [6.45, 7) is 2.48. The summed E-state index contributed by atoms with van der Waals surface area (Å²) in [4.78, 5) is 11.6. The molecule has 1 amide bonds. The number of rotatable bonds is 4. The molecule has 1 aliphatic carbocycles. The summed E-state index contributed by atoms with van der Waals surface area (Å²) in [6, 6.07) is -0.373. The standard InChI is InChI=1S/C13H23F3N2O/c1-9-6-4-3-5-7-11(9)18-10(2)12(19)17-8-13(14,15)16/h9-11,18H,3-8H2,1-2H3,(H,17,19). The number of alkyl halides is 3. The normalized spacial score (nSPS) is 26.6. The average Bonchev–Trinajstić information content (AvgIpc) is 2.51. The van der Waals surface area contributed by atoms with E-state index >= 15 is 0 Å². The third kappa shape index (κ3) is 6.27. The summed E-state index contributed by atoms with van der Waals surface area (Å²) in [7, 11) is 0. The molecule has 0 aromatic rings. The van der Waals surface area contributed by atoms with Crippen molar-refractivity contribution in [3.05, 3.63) is 0 Å². The van der Waals surface area contributed by atoms with Crippen LogP contribution in [0, 0.1) is 5.92 Å². The Morgan fingerprint density at radius 3 is 2.53 bits per heavy atom. The number of amides is 1. The third-order valence-corrected chi connectivity index (χ3v) is 3.68.